The molecule has 104 valence electrons. The van der Waals surface area contributed by atoms with Crippen molar-refractivity contribution in [2.75, 3.05) is 18.2 Å². The summed E-state index contributed by atoms with van der Waals surface area (Å²) in [6, 6.07) is 13.8. The van der Waals surface area contributed by atoms with Gasteiger partial charge in [0.15, 0.2) is 6.04 Å². The number of anilines is 2. The van der Waals surface area contributed by atoms with E-state index in [0.717, 1.165) is 5.56 Å². The van der Waals surface area contributed by atoms with Crippen LogP contribution in [0.25, 0.3) is 0 Å². The Morgan fingerprint density at radius 3 is 2.50 bits per heavy atom. The number of nitrogens with one attached hydrogen (secondary N) is 1. The number of hydrogen-bond acceptors (Lipinski definition) is 4. The maximum Gasteiger partial charge on any atom is 0.332 e. The molecule has 0 bridgehead atoms. The number of esters is 1. The summed E-state index contributed by atoms with van der Waals surface area (Å²) in [4.78, 5) is 12.0. The van der Waals surface area contributed by atoms with Gasteiger partial charge in [-0.25, -0.2) is 4.79 Å². The summed E-state index contributed by atoms with van der Waals surface area (Å²) in [6.07, 6.45) is 0. The van der Waals surface area contributed by atoms with Gasteiger partial charge >= 0.3 is 5.97 Å². The molecule has 2 rings (SSSR count). The number of hydrogen-bond donors (Lipinski definition) is 2. The number of ether oxygens (including phenoxy) is 1. The van der Waals surface area contributed by atoms with Gasteiger partial charge in [0, 0.05) is 0 Å². The third kappa shape index (κ3) is 3.03. The highest BCUT2D eigenvalue weighted by atomic mass is 35.5. The van der Waals surface area contributed by atoms with Crippen LogP contribution in [0.4, 0.5) is 11.4 Å². The quantitative estimate of drug-likeness (QED) is 0.670. The second-order valence-corrected chi connectivity index (χ2v) is 4.62. The molecule has 1 atom stereocenters. The number of methoxy groups -OCH3 is 1. The van der Waals surface area contributed by atoms with E-state index in [1.807, 2.05) is 30.3 Å². The molecule has 0 saturated heterocycles. The van der Waals surface area contributed by atoms with Crippen LogP contribution in [0.5, 0.6) is 0 Å². The highest BCUT2D eigenvalue weighted by Gasteiger charge is 2.22. The molecule has 0 radical (unpaired) electrons. The number of benzene rings is 2. The van der Waals surface area contributed by atoms with Crippen molar-refractivity contribution in [3.63, 3.8) is 0 Å². The van der Waals surface area contributed by atoms with Crippen molar-refractivity contribution in [3.8, 4) is 0 Å². The lowest BCUT2D eigenvalue weighted by Crippen LogP contribution is -2.23. The Hall–Kier alpha value is -2.20. The van der Waals surface area contributed by atoms with Crippen LogP contribution in [0.3, 0.4) is 0 Å². The second kappa shape index (κ2) is 6.30. The fourth-order valence-electron chi connectivity index (χ4n) is 1.88. The van der Waals surface area contributed by atoms with Crippen LogP contribution in [0.15, 0.2) is 48.5 Å². The molecule has 0 fully saturated rings. The molecule has 4 nitrogen and oxygen atoms in total. The molecule has 0 spiro atoms. The number of nitrogens with two attached hydrogens (primary N) is 1. The zero-order chi connectivity index (χ0) is 14.5. The Bertz CT molecular complexity index is 582. The van der Waals surface area contributed by atoms with E-state index in [4.69, 9.17) is 22.1 Å². The first-order valence-corrected chi connectivity index (χ1v) is 6.44. The van der Waals surface area contributed by atoms with E-state index in [-0.39, 0.29) is 0 Å². The van der Waals surface area contributed by atoms with E-state index >= 15 is 0 Å². The Balaban J connectivity index is 2.37. The van der Waals surface area contributed by atoms with Gasteiger partial charge in [-0.3, -0.25) is 0 Å². The van der Waals surface area contributed by atoms with Crippen LogP contribution in [-0.4, -0.2) is 13.1 Å². The van der Waals surface area contributed by atoms with Gasteiger partial charge in [0.25, 0.3) is 0 Å². The fourth-order valence-corrected chi connectivity index (χ4v) is 2.12. The molecule has 0 saturated carbocycles. The van der Waals surface area contributed by atoms with Crippen LogP contribution in [-0.2, 0) is 9.53 Å². The maximum absolute atomic E-state index is 12.0. The summed E-state index contributed by atoms with van der Waals surface area (Å²) in [5, 5.41) is 3.50. The SMILES string of the molecule is COC(=O)C(Nc1c(N)cccc1Cl)c1ccccc1. The molecule has 1 unspecified atom stereocenters. The standard InChI is InChI=1S/C15H15ClN2O2/c1-20-15(19)13(10-6-3-2-4-7-10)18-14-11(16)8-5-9-12(14)17/h2-9,13,18H,17H2,1H3. The topological polar surface area (TPSA) is 64.3 Å². The van der Waals surface area contributed by atoms with E-state index in [9.17, 15) is 4.79 Å². The van der Waals surface area contributed by atoms with Gasteiger partial charge in [0.2, 0.25) is 0 Å². The van der Waals surface area contributed by atoms with E-state index in [0.29, 0.717) is 16.4 Å². The van der Waals surface area contributed by atoms with E-state index in [1.54, 1.807) is 18.2 Å². The molecule has 0 aliphatic heterocycles. The summed E-state index contributed by atoms with van der Waals surface area (Å²) < 4.78 is 4.83. The van der Waals surface area contributed by atoms with E-state index in [1.165, 1.54) is 7.11 Å². The Morgan fingerprint density at radius 2 is 1.90 bits per heavy atom. The minimum atomic E-state index is -0.664. The van der Waals surface area contributed by atoms with Gasteiger partial charge in [0.05, 0.1) is 23.5 Å². The molecule has 2 aromatic rings. The first-order chi connectivity index (χ1) is 9.63. The van der Waals surface area contributed by atoms with Crippen molar-refractivity contribution in [1.29, 1.82) is 0 Å². The summed E-state index contributed by atoms with van der Waals surface area (Å²) in [5.41, 5.74) is 7.66. The normalized spacial score (nSPS) is 11.7. The predicted molar refractivity (Wildman–Crippen MR) is 80.7 cm³/mol. The summed E-state index contributed by atoms with van der Waals surface area (Å²) in [5.74, 6) is -0.407. The third-order valence-corrected chi connectivity index (χ3v) is 3.22. The van der Waals surface area contributed by atoms with Crippen LogP contribution >= 0.6 is 11.6 Å². The van der Waals surface area contributed by atoms with Gasteiger partial charge in [-0.2, -0.15) is 0 Å². The zero-order valence-corrected chi connectivity index (χ0v) is 11.7. The van der Waals surface area contributed by atoms with E-state index in [2.05, 4.69) is 5.32 Å². The molecule has 0 amide bonds. The van der Waals surface area contributed by atoms with Crippen molar-refractivity contribution >= 4 is 28.9 Å². The molecule has 5 heteroatoms. The monoisotopic (exact) mass is 290 g/mol. The molecule has 0 aromatic heterocycles. The lowest BCUT2D eigenvalue weighted by atomic mass is 10.1. The minimum absolute atomic E-state index is 0.407. The average Bonchev–Trinajstić information content (AvgIpc) is 2.47. The lowest BCUT2D eigenvalue weighted by Gasteiger charge is -2.20. The smallest absolute Gasteiger partial charge is 0.332 e. The number of nitrogen functional groups attached to an aromatic ring is 1. The van der Waals surface area contributed by atoms with E-state index < -0.39 is 12.0 Å². The molecule has 3 N–H and O–H groups in total. The van der Waals surface area contributed by atoms with Crippen LogP contribution in [0, 0.1) is 0 Å². The summed E-state index contributed by atoms with van der Waals surface area (Å²) in [7, 11) is 1.34. The largest absolute Gasteiger partial charge is 0.467 e. The number of carbonyl (C=O) groups excluding carboxylic acids is 1. The number of para-hydroxylation sites is 1. The molecule has 20 heavy (non-hydrogen) atoms. The van der Waals surface area contributed by atoms with Crippen molar-refractivity contribution in [3.05, 3.63) is 59.1 Å². The molecule has 0 heterocycles. The zero-order valence-electron chi connectivity index (χ0n) is 11.0. The van der Waals surface area contributed by atoms with Crippen molar-refractivity contribution in [1.82, 2.24) is 0 Å². The number of rotatable bonds is 4. The number of carbonyl (C=O) groups is 1. The van der Waals surface area contributed by atoms with Crippen molar-refractivity contribution < 1.29 is 9.53 Å². The first kappa shape index (κ1) is 14.2. The third-order valence-electron chi connectivity index (χ3n) is 2.90. The van der Waals surface area contributed by atoms with Crippen LogP contribution in [0.2, 0.25) is 5.02 Å². The Labute approximate surface area is 122 Å². The predicted octanol–water partition coefficient (Wildman–Crippen LogP) is 3.25. The van der Waals surface area contributed by atoms with Crippen molar-refractivity contribution in [2.24, 2.45) is 0 Å². The number of halogens is 1. The first-order valence-electron chi connectivity index (χ1n) is 6.06. The Morgan fingerprint density at radius 1 is 1.20 bits per heavy atom. The summed E-state index contributed by atoms with van der Waals surface area (Å²) >= 11 is 6.11. The molecule has 0 aliphatic rings. The van der Waals surface area contributed by atoms with Gasteiger partial charge in [-0.1, -0.05) is 48.0 Å². The van der Waals surface area contributed by atoms with Gasteiger partial charge < -0.3 is 15.8 Å². The van der Waals surface area contributed by atoms with Gasteiger partial charge in [0.1, 0.15) is 0 Å². The fraction of sp³-hybridized carbons (Fsp3) is 0.133. The lowest BCUT2D eigenvalue weighted by molar-refractivity contribution is -0.141. The van der Waals surface area contributed by atoms with Crippen molar-refractivity contribution in [2.45, 2.75) is 6.04 Å². The molecule has 0 aliphatic carbocycles. The average molecular weight is 291 g/mol. The second-order valence-electron chi connectivity index (χ2n) is 4.22. The Kier molecular flexibility index (Phi) is 4.48. The minimum Gasteiger partial charge on any atom is -0.467 e. The maximum atomic E-state index is 12.0. The van der Waals surface area contributed by atoms with Gasteiger partial charge in [-0.05, 0) is 17.7 Å². The summed E-state index contributed by atoms with van der Waals surface area (Å²) in [6.45, 7) is 0. The molecular formula is C15H15ClN2O2. The van der Waals surface area contributed by atoms with Crippen LogP contribution < -0.4 is 11.1 Å². The van der Waals surface area contributed by atoms with Gasteiger partial charge in [-0.15, -0.1) is 0 Å². The highest BCUT2D eigenvalue weighted by molar-refractivity contribution is 6.34. The highest BCUT2D eigenvalue weighted by Crippen LogP contribution is 2.31. The van der Waals surface area contributed by atoms with Crippen LogP contribution in [0.1, 0.15) is 11.6 Å². The molecule has 2 aromatic carbocycles. The molecular weight excluding hydrogens is 276 g/mol.